The number of benzene rings is 2. The average molecular weight is 465 g/mol. The number of hydrogen-bond acceptors (Lipinski definition) is 5. The normalized spacial score (nSPS) is 14.7. The van der Waals surface area contributed by atoms with Gasteiger partial charge in [0.25, 0.3) is 0 Å². The Morgan fingerprint density at radius 1 is 1.09 bits per heavy atom. The van der Waals surface area contributed by atoms with E-state index in [2.05, 4.69) is 15.2 Å². The van der Waals surface area contributed by atoms with Crippen molar-refractivity contribution in [3.05, 3.63) is 72.0 Å². The van der Waals surface area contributed by atoms with Crippen molar-refractivity contribution in [2.75, 3.05) is 25.0 Å². The quantitative estimate of drug-likeness (QED) is 0.502. The van der Waals surface area contributed by atoms with Gasteiger partial charge in [-0.3, -0.25) is 9.59 Å². The largest absolute Gasteiger partial charge is 0.441 e. The fourth-order valence-electron chi connectivity index (χ4n) is 4.14. The number of carbonyl (C=O) groups excluding carboxylic acids is 2. The van der Waals surface area contributed by atoms with Crippen LogP contribution in [0.1, 0.15) is 30.7 Å². The van der Waals surface area contributed by atoms with Gasteiger partial charge in [-0.15, -0.1) is 0 Å². The number of likely N-dealkylation sites (tertiary alicyclic amines) is 1. The van der Waals surface area contributed by atoms with Crippen LogP contribution in [0.5, 0.6) is 0 Å². The standard InChI is InChI=1S/C26H29FN4O3/c27-22-4-2-1-3-21(22)23-17-29-25(34-23)10-9-24(32)30-20-7-5-18(6-8-20)11-14-31-15-12-19(13-16-31)26(28)33/h1-8,17,19H,9-16H2,(H2,28,33)(H,30,32). The van der Waals surface area contributed by atoms with Gasteiger partial charge in [0.2, 0.25) is 11.8 Å². The molecule has 0 spiro atoms. The summed E-state index contributed by atoms with van der Waals surface area (Å²) in [6, 6.07) is 14.2. The van der Waals surface area contributed by atoms with Gasteiger partial charge in [-0.1, -0.05) is 24.3 Å². The molecule has 0 unspecified atom stereocenters. The predicted molar refractivity (Wildman–Crippen MR) is 127 cm³/mol. The number of halogens is 1. The summed E-state index contributed by atoms with van der Waals surface area (Å²) in [7, 11) is 0. The van der Waals surface area contributed by atoms with Crippen molar-refractivity contribution in [1.29, 1.82) is 0 Å². The number of piperidine rings is 1. The Morgan fingerprint density at radius 2 is 1.82 bits per heavy atom. The third-order valence-corrected chi connectivity index (χ3v) is 6.20. The minimum Gasteiger partial charge on any atom is -0.441 e. The van der Waals surface area contributed by atoms with E-state index in [1.807, 2.05) is 24.3 Å². The Hall–Kier alpha value is -3.52. The molecule has 2 aromatic carbocycles. The van der Waals surface area contributed by atoms with Crippen LogP contribution in [0.3, 0.4) is 0 Å². The molecule has 3 N–H and O–H groups in total. The number of nitrogens with zero attached hydrogens (tertiary/aromatic N) is 2. The molecule has 1 aromatic heterocycles. The van der Waals surface area contributed by atoms with Crippen LogP contribution in [0.15, 0.2) is 59.1 Å². The highest BCUT2D eigenvalue weighted by Crippen LogP contribution is 2.24. The van der Waals surface area contributed by atoms with E-state index in [1.165, 1.54) is 17.8 Å². The molecule has 3 aromatic rings. The maximum absolute atomic E-state index is 13.9. The first kappa shape index (κ1) is 23.6. The first-order valence-corrected chi connectivity index (χ1v) is 11.6. The Morgan fingerprint density at radius 3 is 2.53 bits per heavy atom. The molecule has 34 heavy (non-hydrogen) atoms. The number of aryl methyl sites for hydroxylation is 1. The summed E-state index contributed by atoms with van der Waals surface area (Å²) in [5, 5.41) is 2.89. The number of hydrogen-bond donors (Lipinski definition) is 2. The second kappa shape index (κ2) is 11.1. The van der Waals surface area contributed by atoms with Gasteiger partial charge in [0, 0.05) is 31.0 Å². The molecule has 0 bridgehead atoms. The summed E-state index contributed by atoms with van der Waals surface area (Å²) in [5.41, 5.74) is 7.67. The smallest absolute Gasteiger partial charge is 0.224 e. The maximum atomic E-state index is 13.9. The summed E-state index contributed by atoms with van der Waals surface area (Å²) in [6.07, 6.45) is 4.58. The summed E-state index contributed by atoms with van der Waals surface area (Å²) in [5.74, 6) is 0.0429. The summed E-state index contributed by atoms with van der Waals surface area (Å²) < 4.78 is 19.5. The van der Waals surface area contributed by atoms with Gasteiger partial charge in [0.05, 0.1) is 11.8 Å². The summed E-state index contributed by atoms with van der Waals surface area (Å²) in [4.78, 5) is 30.1. The average Bonchev–Trinajstić information content (AvgIpc) is 3.32. The van der Waals surface area contributed by atoms with E-state index < -0.39 is 0 Å². The molecule has 1 aliphatic heterocycles. The topological polar surface area (TPSA) is 101 Å². The second-order valence-electron chi connectivity index (χ2n) is 8.61. The Labute approximate surface area is 198 Å². The fraction of sp³-hybridized carbons (Fsp3) is 0.346. The van der Waals surface area contributed by atoms with Gasteiger partial charge in [0.15, 0.2) is 11.7 Å². The highest BCUT2D eigenvalue weighted by Gasteiger charge is 2.22. The molecule has 0 saturated carbocycles. The molecule has 0 radical (unpaired) electrons. The van der Waals surface area contributed by atoms with E-state index >= 15 is 0 Å². The van der Waals surface area contributed by atoms with Crippen LogP contribution in [0, 0.1) is 11.7 Å². The van der Waals surface area contributed by atoms with Crippen molar-refractivity contribution in [3.63, 3.8) is 0 Å². The van der Waals surface area contributed by atoms with Crippen LogP contribution in [0.2, 0.25) is 0 Å². The lowest BCUT2D eigenvalue weighted by molar-refractivity contribution is -0.123. The molecular weight excluding hydrogens is 435 g/mol. The zero-order valence-corrected chi connectivity index (χ0v) is 19.0. The first-order valence-electron chi connectivity index (χ1n) is 11.6. The van der Waals surface area contributed by atoms with E-state index in [9.17, 15) is 14.0 Å². The van der Waals surface area contributed by atoms with E-state index in [4.69, 9.17) is 10.2 Å². The van der Waals surface area contributed by atoms with Crippen LogP contribution in [0.25, 0.3) is 11.3 Å². The van der Waals surface area contributed by atoms with E-state index in [0.717, 1.165) is 44.6 Å². The molecule has 0 atom stereocenters. The minimum atomic E-state index is -0.376. The van der Waals surface area contributed by atoms with Gasteiger partial charge in [-0.05, 0) is 62.2 Å². The number of anilines is 1. The molecule has 4 rings (SSSR count). The van der Waals surface area contributed by atoms with Gasteiger partial charge < -0.3 is 20.4 Å². The highest BCUT2D eigenvalue weighted by atomic mass is 19.1. The second-order valence-corrected chi connectivity index (χ2v) is 8.61. The lowest BCUT2D eigenvalue weighted by Gasteiger charge is -2.30. The molecule has 178 valence electrons. The third-order valence-electron chi connectivity index (χ3n) is 6.20. The van der Waals surface area contributed by atoms with Gasteiger partial charge in [0.1, 0.15) is 5.82 Å². The molecule has 1 saturated heterocycles. The van der Waals surface area contributed by atoms with Crippen molar-refractivity contribution >= 4 is 17.5 Å². The summed E-state index contributed by atoms with van der Waals surface area (Å²) in [6.45, 7) is 2.73. The summed E-state index contributed by atoms with van der Waals surface area (Å²) >= 11 is 0. The SMILES string of the molecule is NC(=O)C1CCN(CCc2ccc(NC(=O)CCc3ncc(-c4ccccc4F)o3)cc2)CC1. The molecule has 2 amide bonds. The number of oxazole rings is 1. The molecular formula is C26H29FN4O3. The maximum Gasteiger partial charge on any atom is 0.224 e. The number of amides is 2. The van der Waals surface area contributed by atoms with Crippen molar-refractivity contribution in [3.8, 4) is 11.3 Å². The molecule has 8 heteroatoms. The minimum absolute atomic E-state index is 0.0108. The van der Waals surface area contributed by atoms with Gasteiger partial charge >= 0.3 is 0 Å². The van der Waals surface area contributed by atoms with E-state index in [-0.39, 0.29) is 30.0 Å². The van der Waals surface area contributed by atoms with Crippen LogP contribution in [-0.4, -0.2) is 41.3 Å². The molecule has 0 aliphatic carbocycles. The number of nitrogens with two attached hydrogens (primary N) is 1. The fourth-order valence-corrected chi connectivity index (χ4v) is 4.14. The Bertz CT molecular complexity index is 1120. The zero-order valence-electron chi connectivity index (χ0n) is 19.0. The Balaban J connectivity index is 1.20. The lowest BCUT2D eigenvalue weighted by Crippen LogP contribution is -2.39. The van der Waals surface area contributed by atoms with Crippen molar-refractivity contribution in [2.24, 2.45) is 11.7 Å². The van der Waals surface area contributed by atoms with Crippen molar-refractivity contribution < 1.29 is 18.4 Å². The molecule has 1 aliphatic rings. The van der Waals surface area contributed by atoms with Gasteiger partial charge in [-0.2, -0.15) is 0 Å². The van der Waals surface area contributed by atoms with Crippen LogP contribution >= 0.6 is 0 Å². The number of aromatic nitrogens is 1. The van der Waals surface area contributed by atoms with Gasteiger partial charge in [-0.25, -0.2) is 9.37 Å². The van der Waals surface area contributed by atoms with E-state index in [0.29, 0.717) is 23.6 Å². The number of carbonyl (C=O) groups is 2. The van der Waals surface area contributed by atoms with Crippen LogP contribution < -0.4 is 11.1 Å². The third kappa shape index (κ3) is 6.29. The molecule has 2 heterocycles. The van der Waals surface area contributed by atoms with Crippen molar-refractivity contribution in [1.82, 2.24) is 9.88 Å². The Kier molecular flexibility index (Phi) is 7.69. The molecule has 7 nitrogen and oxygen atoms in total. The number of primary amides is 1. The van der Waals surface area contributed by atoms with E-state index in [1.54, 1.807) is 18.2 Å². The first-order chi connectivity index (χ1) is 16.5. The number of rotatable bonds is 9. The monoisotopic (exact) mass is 464 g/mol. The van der Waals surface area contributed by atoms with Crippen molar-refractivity contribution in [2.45, 2.75) is 32.1 Å². The molecule has 1 fully saturated rings. The lowest BCUT2D eigenvalue weighted by atomic mass is 9.96. The van der Waals surface area contributed by atoms with Crippen LogP contribution in [0.4, 0.5) is 10.1 Å². The highest BCUT2D eigenvalue weighted by molar-refractivity contribution is 5.90. The predicted octanol–water partition coefficient (Wildman–Crippen LogP) is 3.79. The van der Waals surface area contributed by atoms with Crippen LogP contribution in [-0.2, 0) is 22.4 Å². The number of nitrogens with one attached hydrogen (secondary N) is 1. The zero-order chi connectivity index (χ0) is 23.9.